The molecule has 0 radical (unpaired) electrons. The summed E-state index contributed by atoms with van der Waals surface area (Å²) in [5, 5.41) is 12.7. The zero-order chi connectivity index (χ0) is 42.5. The molecule has 0 aromatic carbocycles. The fourth-order valence-corrected chi connectivity index (χ4v) is 6.43. The molecular weight excluding hydrogens is 750 g/mol. The maximum atomic E-state index is 12.1. The summed E-state index contributed by atoms with van der Waals surface area (Å²) in [6.07, 6.45) is 55.1. The Balaban J connectivity index is 3.68. The largest absolute Gasteiger partial charge is 0.472 e. The first-order chi connectivity index (χ1) is 28.3. The van der Waals surface area contributed by atoms with Gasteiger partial charge in [-0.1, -0.05) is 157 Å². The van der Waals surface area contributed by atoms with E-state index in [1.165, 1.54) is 51.4 Å². The molecule has 0 fully saturated rings. The maximum absolute atomic E-state index is 12.1. The van der Waals surface area contributed by atoms with Crippen molar-refractivity contribution in [1.29, 1.82) is 0 Å². The van der Waals surface area contributed by atoms with Crippen LogP contribution in [0.15, 0.2) is 85.1 Å². The van der Waals surface area contributed by atoms with Gasteiger partial charge in [-0.3, -0.25) is 18.6 Å². The second kappa shape index (κ2) is 43.8. The van der Waals surface area contributed by atoms with Crippen molar-refractivity contribution in [3.8, 4) is 0 Å². The van der Waals surface area contributed by atoms with Crippen LogP contribution in [0.1, 0.15) is 174 Å². The molecule has 3 N–H and O–H groups in total. The molecule has 9 nitrogen and oxygen atoms in total. The van der Waals surface area contributed by atoms with E-state index in [-0.39, 0.29) is 32.1 Å². The van der Waals surface area contributed by atoms with Gasteiger partial charge in [-0.15, -0.1) is 0 Å². The Labute approximate surface area is 353 Å². The van der Waals surface area contributed by atoms with Crippen molar-refractivity contribution in [2.45, 2.75) is 180 Å². The van der Waals surface area contributed by atoms with Crippen LogP contribution < -0.4 is 5.32 Å². The van der Waals surface area contributed by atoms with E-state index in [4.69, 9.17) is 13.8 Å². The van der Waals surface area contributed by atoms with E-state index in [1.54, 1.807) is 0 Å². The van der Waals surface area contributed by atoms with Crippen LogP contribution in [0.2, 0.25) is 0 Å². The number of phosphoric acid groups is 1. The van der Waals surface area contributed by atoms with E-state index >= 15 is 0 Å². The lowest BCUT2D eigenvalue weighted by molar-refractivity contribution is -0.147. The van der Waals surface area contributed by atoms with Crippen LogP contribution in [0.3, 0.4) is 0 Å². The third kappa shape index (κ3) is 44.3. The first-order valence-corrected chi connectivity index (χ1v) is 24.1. The maximum Gasteiger partial charge on any atom is 0.472 e. The van der Waals surface area contributed by atoms with Gasteiger partial charge >= 0.3 is 13.8 Å². The van der Waals surface area contributed by atoms with Gasteiger partial charge in [0.2, 0.25) is 5.91 Å². The van der Waals surface area contributed by atoms with E-state index in [2.05, 4.69) is 104 Å². The number of hydrogen-bond donors (Lipinski definition) is 3. The minimum absolute atomic E-state index is 0.0577. The summed E-state index contributed by atoms with van der Waals surface area (Å²) in [6, 6.07) is 0. The Morgan fingerprint density at radius 3 is 1.50 bits per heavy atom. The van der Waals surface area contributed by atoms with Gasteiger partial charge in [0.1, 0.15) is 12.7 Å². The highest BCUT2D eigenvalue weighted by molar-refractivity contribution is 7.47. The van der Waals surface area contributed by atoms with Crippen LogP contribution in [0, 0.1) is 0 Å². The predicted octanol–water partition coefficient (Wildman–Crippen LogP) is 12.8. The number of hydrogen-bond acceptors (Lipinski definition) is 7. The molecule has 0 aromatic heterocycles. The summed E-state index contributed by atoms with van der Waals surface area (Å²) in [4.78, 5) is 33.9. The van der Waals surface area contributed by atoms with Crippen LogP contribution in [-0.4, -0.2) is 54.3 Å². The van der Waals surface area contributed by atoms with Crippen LogP contribution in [0.4, 0.5) is 0 Å². The van der Waals surface area contributed by atoms with Gasteiger partial charge in [0, 0.05) is 19.4 Å². The topological polar surface area (TPSA) is 131 Å². The summed E-state index contributed by atoms with van der Waals surface area (Å²) in [6.45, 7) is 3.36. The van der Waals surface area contributed by atoms with E-state index in [0.29, 0.717) is 6.42 Å². The minimum atomic E-state index is -4.44. The lowest BCUT2D eigenvalue weighted by Gasteiger charge is -2.15. The molecule has 1 amide bonds. The van der Waals surface area contributed by atoms with E-state index in [1.807, 2.05) is 0 Å². The number of amides is 1. The second-order valence-electron chi connectivity index (χ2n) is 14.6. The second-order valence-corrected chi connectivity index (χ2v) is 16.1. The lowest BCUT2D eigenvalue weighted by atomic mass is 10.1. The highest BCUT2D eigenvalue weighted by Gasteiger charge is 2.23. The van der Waals surface area contributed by atoms with Crippen molar-refractivity contribution in [3.63, 3.8) is 0 Å². The highest BCUT2D eigenvalue weighted by atomic mass is 31.2. The van der Waals surface area contributed by atoms with Crippen LogP contribution in [0.5, 0.6) is 0 Å². The third-order valence-electron chi connectivity index (χ3n) is 9.06. The molecule has 0 aromatic rings. The predicted molar refractivity (Wildman–Crippen MR) is 242 cm³/mol. The Bertz CT molecular complexity index is 1220. The number of carbonyl (C=O) groups is 2. The number of nitrogens with one attached hydrogen (secondary N) is 1. The molecule has 0 rings (SSSR count). The zero-order valence-electron chi connectivity index (χ0n) is 36.5. The first-order valence-electron chi connectivity index (χ1n) is 22.6. The number of phosphoric ester groups is 1. The van der Waals surface area contributed by atoms with Crippen molar-refractivity contribution < 1.29 is 37.9 Å². The third-order valence-corrected chi connectivity index (χ3v) is 10.0. The van der Waals surface area contributed by atoms with Gasteiger partial charge in [-0.05, 0) is 89.9 Å². The number of aliphatic hydroxyl groups excluding tert-OH is 1. The molecule has 2 atom stereocenters. The molecule has 0 bridgehead atoms. The van der Waals surface area contributed by atoms with Crippen molar-refractivity contribution in [2.24, 2.45) is 0 Å². The van der Waals surface area contributed by atoms with Gasteiger partial charge < -0.3 is 20.1 Å². The molecule has 0 aliphatic heterocycles. The van der Waals surface area contributed by atoms with E-state index in [0.717, 1.165) is 96.3 Å². The fraction of sp³-hybridized carbons (Fsp3) is 0.667. The first kappa shape index (κ1) is 55.2. The Morgan fingerprint density at radius 1 is 0.552 bits per heavy atom. The number of esters is 1. The fourth-order valence-electron chi connectivity index (χ4n) is 5.67. The lowest BCUT2D eigenvalue weighted by Crippen LogP contribution is -2.27. The van der Waals surface area contributed by atoms with Gasteiger partial charge in [0.25, 0.3) is 0 Å². The SMILES string of the molecule is CC/C=C\C/C=C\C/C=C\C/C=C\C/C=C\CCCCCC(=O)NCCOP(=O)(O)OCC(O)COC(=O)CCCCCCCCC/C=C\C/C=C\CCCCCC. The van der Waals surface area contributed by atoms with Gasteiger partial charge in [-0.2, -0.15) is 0 Å². The number of rotatable bonds is 41. The number of carbonyl (C=O) groups excluding carboxylic acids is 2. The highest BCUT2D eigenvalue weighted by Crippen LogP contribution is 2.42. The Kier molecular flexibility index (Phi) is 41.6. The number of allylic oxidation sites excluding steroid dienone is 14. The van der Waals surface area contributed by atoms with Gasteiger partial charge in [0.15, 0.2) is 0 Å². The number of ether oxygens (including phenoxy) is 1. The monoisotopic (exact) mass is 832 g/mol. The molecule has 0 spiro atoms. The zero-order valence-corrected chi connectivity index (χ0v) is 37.4. The summed E-state index contributed by atoms with van der Waals surface area (Å²) < 4.78 is 26.9. The average Bonchev–Trinajstić information content (AvgIpc) is 3.21. The molecular formula is C48H82NO8P. The Hall–Kier alpha value is -2.81. The van der Waals surface area contributed by atoms with Crippen LogP contribution in [0.25, 0.3) is 0 Å². The quantitative estimate of drug-likeness (QED) is 0.0240. The summed E-state index contributed by atoms with van der Waals surface area (Å²) in [7, 11) is -4.44. The smallest absolute Gasteiger partial charge is 0.463 e. The summed E-state index contributed by atoms with van der Waals surface area (Å²) in [5.74, 6) is -0.563. The number of aliphatic hydroxyl groups is 1. The molecule has 0 saturated heterocycles. The van der Waals surface area contributed by atoms with Crippen LogP contribution >= 0.6 is 7.82 Å². The van der Waals surface area contributed by atoms with Crippen molar-refractivity contribution in [1.82, 2.24) is 5.32 Å². The molecule has 10 heteroatoms. The molecule has 2 unspecified atom stereocenters. The molecule has 332 valence electrons. The van der Waals surface area contributed by atoms with Gasteiger partial charge in [-0.25, -0.2) is 4.57 Å². The normalized spacial score (nSPS) is 14.1. The molecule has 0 saturated carbocycles. The number of unbranched alkanes of at least 4 members (excludes halogenated alkanes) is 14. The summed E-state index contributed by atoms with van der Waals surface area (Å²) >= 11 is 0. The Morgan fingerprint density at radius 2 is 0.983 bits per heavy atom. The minimum Gasteiger partial charge on any atom is -0.463 e. The van der Waals surface area contributed by atoms with Gasteiger partial charge in [0.05, 0.1) is 13.2 Å². The molecule has 0 heterocycles. The average molecular weight is 832 g/mol. The molecule has 58 heavy (non-hydrogen) atoms. The molecule has 0 aliphatic rings. The van der Waals surface area contributed by atoms with Crippen molar-refractivity contribution in [2.75, 3.05) is 26.4 Å². The standard InChI is InChI=1S/C48H82NO8P/c1-3-5-7-9-11-13-15-17-19-21-23-24-26-28-30-32-34-36-38-40-47(51)49-42-43-56-58(53,54)57-45-46(50)44-55-48(52)41-39-37-35-33-31-29-27-25-22-20-18-16-14-12-10-8-6-4-2/h5,7,11,13-14,16-17,19-20,22-24,28,30,46,50H,3-4,6,8-10,12,15,18,21,25-27,29,31-45H2,1-2H3,(H,49,51)(H,53,54)/b7-5-,13-11-,16-14-,19-17-,22-20-,24-23-,30-28-. The van der Waals surface area contributed by atoms with Crippen molar-refractivity contribution >= 4 is 19.7 Å². The van der Waals surface area contributed by atoms with Crippen molar-refractivity contribution in [3.05, 3.63) is 85.1 Å². The van der Waals surface area contributed by atoms with E-state index in [9.17, 15) is 24.2 Å². The van der Waals surface area contributed by atoms with Crippen LogP contribution in [-0.2, 0) is 27.9 Å². The summed E-state index contributed by atoms with van der Waals surface area (Å²) in [5.41, 5.74) is 0. The molecule has 0 aliphatic carbocycles. The van der Waals surface area contributed by atoms with E-state index < -0.39 is 26.5 Å².